The number of aryl methyl sites for hydroxylation is 1. The van der Waals surface area contributed by atoms with Crippen LogP contribution in [0.15, 0.2) is 42.6 Å². The third kappa shape index (κ3) is 3.55. The number of ether oxygens (including phenoxy) is 1. The van der Waals surface area contributed by atoms with Gasteiger partial charge in [0.15, 0.2) is 0 Å². The fourth-order valence-electron chi connectivity index (χ4n) is 2.57. The summed E-state index contributed by atoms with van der Waals surface area (Å²) in [5.41, 5.74) is 3.41. The van der Waals surface area contributed by atoms with Crippen LogP contribution in [0.25, 0.3) is 10.9 Å². The number of carbonyl (C=O) groups excluding carboxylic acids is 1. The highest BCUT2D eigenvalue weighted by atomic mass is 35.5. The first-order valence-electron chi connectivity index (χ1n) is 7.78. The third-order valence-corrected chi connectivity index (χ3v) is 4.51. The van der Waals surface area contributed by atoms with Crippen molar-refractivity contribution in [2.75, 3.05) is 11.9 Å². The molecular formula is C19H16Cl2N2O2. The molecule has 0 spiro atoms. The Labute approximate surface area is 155 Å². The molecule has 0 fully saturated rings. The van der Waals surface area contributed by atoms with Crippen molar-refractivity contribution in [2.45, 2.75) is 13.8 Å². The highest BCUT2D eigenvalue weighted by Crippen LogP contribution is 2.36. The molecular weight excluding hydrogens is 359 g/mol. The minimum Gasteiger partial charge on any atom is -0.462 e. The smallest absolute Gasteiger partial charge is 0.341 e. The lowest BCUT2D eigenvalue weighted by Crippen LogP contribution is -2.09. The van der Waals surface area contributed by atoms with Crippen LogP contribution in [-0.4, -0.2) is 17.6 Å². The van der Waals surface area contributed by atoms with Crippen LogP contribution in [0.3, 0.4) is 0 Å². The van der Waals surface area contributed by atoms with Gasteiger partial charge < -0.3 is 10.1 Å². The van der Waals surface area contributed by atoms with Crippen molar-refractivity contribution in [3.8, 4) is 0 Å². The van der Waals surface area contributed by atoms with Crippen molar-refractivity contribution in [1.82, 2.24) is 4.98 Å². The predicted molar refractivity (Wildman–Crippen MR) is 102 cm³/mol. The highest BCUT2D eigenvalue weighted by Gasteiger charge is 2.19. The SMILES string of the molecule is CCOC(=O)c1cnc2c(Cl)c(Cl)ccc2c1Nc1cccc(C)c1. The van der Waals surface area contributed by atoms with E-state index in [2.05, 4.69) is 10.3 Å². The molecule has 25 heavy (non-hydrogen) atoms. The van der Waals surface area contributed by atoms with Crippen molar-refractivity contribution in [1.29, 1.82) is 0 Å². The topological polar surface area (TPSA) is 51.2 Å². The largest absolute Gasteiger partial charge is 0.462 e. The summed E-state index contributed by atoms with van der Waals surface area (Å²) in [6.45, 7) is 4.04. The Morgan fingerprint density at radius 3 is 2.76 bits per heavy atom. The maximum atomic E-state index is 12.4. The molecule has 0 radical (unpaired) electrons. The van der Waals surface area contributed by atoms with Gasteiger partial charge in [-0.3, -0.25) is 4.98 Å². The van der Waals surface area contributed by atoms with Gasteiger partial charge in [0.2, 0.25) is 0 Å². The van der Waals surface area contributed by atoms with Crippen molar-refractivity contribution < 1.29 is 9.53 Å². The zero-order valence-corrected chi connectivity index (χ0v) is 15.3. The molecule has 0 aliphatic carbocycles. The Balaban J connectivity index is 2.21. The Hall–Kier alpha value is -2.30. The molecule has 0 aliphatic rings. The Bertz CT molecular complexity index is 958. The van der Waals surface area contributed by atoms with Gasteiger partial charge in [-0.15, -0.1) is 0 Å². The summed E-state index contributed by atoms with van der Waals surface area (Å²) in [6.07, 6.45) is 1.46. The van der Waals surface area contributed by atoms with Crippen molar-refractivity contribution >= 4 is 51.4 Å². The fraction of sp³-hybridized carbons (Fsp3) is 0.158. The summed E-state index contributed by atoms with van der Waals surface area (Å²) >= 11 is 12.4. The summed E-state index contributed by atoms with van der Waals surface area (Å²) in [5.74, 6) is -0.446. The zero-order chi connectivity index (χ0) is 18.0. The Kier molecular flexibility index (Phi) is 5.11. The number of esters is 1. The highest BCUT2D eigenvalue weighted by molar-refractivity contribution is 6.45. The second-order valence-corrected chi connectivity index (χ2v) is 6.30. The Morgan fingerprint density at radius 1 is 1.24 bits per heavy atom. The van der Waals surface area contributed by atoms with E-state index >= 15 is 0 Å². The van der Waals surface area contributed by atoms with Crippen molar-refractivity contribution in [2.24, 2.45) is 0 Å². The van der Waals surface area contributed by atoms with Crippen molar-refractivity contribution in [3.05, 3.63) is 63.8 Å². The maximum absolute atomic E-state index is 12.4. The summed E-state index contributed by atoms with van der Waals surface area (Å²) < 4.78 is 5.15. The molecule has 3 rings (SSSR count). The van der Waals surface area contributed by atoms with E-state index in [0.29, 0.717) is 32.2 Å². The number of nitrogens with one attached hydrogen (secondary N) is 1. The average Bonchev–Trinajstić information content (AvgIpc) is 2.58. The van der Waals surface area contributed by atoms with E-state index in [4.69, 9.17) is 27.9 Å². The maximum Gasteiger partial charge on any atom is 0.341 e. The van der Waals surface area contributed by atoms with Gasteiger partial charge in [-0.1, -0.05) is 35.3 Å². The van der Waals surface area contributed by atoms with Gasteiger partial charge in [-0.05, 0) is 43.7 Å². The lowest BCUT2D eigenvalue weighted by Gasteiger charge is -2.15. The first kappa shape index (κ1) is 17.5. The van der Waals surface area contributed by atoms with Crippen molar-refractivity contribution in [3.63, 3.8) is 0 Å². The molecule has 0 atom stereocenters. The molecule has 128 valence electrons. The van der Waals surface area contributed by atoms with E-state index in [-0.39, 0.29) is 6.61 Å². The van der Waals surface area contributed by atoms with Crippen LogP contribution >= 0.6 is 23.2 Å². The Morgan fingerprint density at radius 2 is 2.04 bits per heavy atom. The number of fused-ring (bicyclic) bond motifs is 1. The van der Waals surface area contributed by atoms with Gasteiger partial charge in [0.1, 0.15) is 5.56 Å². The molecule has 0 saturated carbocycles. The van der Waals surface area contributed by atoms with Crippen LogP contribution in [0.4, 0.5) is 11.4 Å². The number of anilines is 2. The van der Waals surface area contributed by atoms with Gasteiger partial charge in [0, 0.05) is 17.3 Å². The first-order chi connectivity index (χ1) is 12.0. The molecule has 0 unspecified atom stereocenters. The van der Waals surface area contributed by atoms with Crippen LogP contribution < -0.4 is 5.32 Å². The number of halogens is 2. The van der Waals surface area contributed by atoms with E-state index in [0.717, 1.165) is 11.3 Å². The number of hydrogen-bond donors (Lipinski definition) is 1. The van der Waals surface area contributed by atoms with Gasteiger partial charge in [-0.25, -0.2) is 4.79 Å². The molecule has 1 aromatic heterocycles. The predicted octanol–water partition coefficient (Wildman–Crippen LogP) is 5.77. The van der Waals surface area contributed by atoms with Crippen LogP contribution in [0.5, 0.6) is 0 Å². The molecule has 3 aromatic rings. The lowest BCUT2D eigenvalue weighted by atomic mass is 10.1. The molecule has 6 heteroatoms. The summed E-state index contributed by atoms with van der Waals surface area (Å²) in [5, 5.41) is 4.75. The molecule has 4 nitrogen and oxygen atoms in total. The monoisotopic (exact) mass is 374 g/mol. The molecule has 2 aromatic carbocycles. The summed E-state index contributed by atoms with van der Waals surface area (Å²) in [7, 11) is 0. The molecule has 1 N–H and O–H groups in total. The van der Waals surface area contributed by atoms with Gasteiger partial charge in [-0.2, -0.15) is 0 Å². The summed E-state index contributed by atoms with van der Waals surface area (Å²) in [4.78, 5) is 16.7. The molecule has 0 bridgehead atoms. The number of pyridine rings is 1. The second kappa shape index (κ2) is 7.30. The van der Waals surface area contributed by atoms with Crippen LogP contribution in [0.1, 0.15) is 22.8 Å². The molecule has 0 saturated heterocycles. The second-order valence-electron chi connectivity index (χ2n) is 5.52. The van der Waals surface area contributed by atoms with E-state index in [9.17, 15) is 4.79 Å². The first-order valence-corrected chi connectivity index (χ1v) is 8.54. The van der Waals surface area contributed by atoms with Gasteiger partial charge >= 0.3 is 5.97 Å². The van der Waals surface area contributed by atoms with Crippen LogP contribution in [0.2, 0.25) is 10.0 Å². The molecule has 0 aliphatic heterocycles. The number of hydrogen-bond acceptors (Lipinski definition) is 4. The number of aromatic nitrogens is 1. The minimum atomic E-state index is -0.446. The summed E-state index contributed by atoms with van der Waals surface area (Å²) in [6, 6.07) is 11.3. The van der Waals surface area contributed by atoms with E-state index in [1.807, 2.05) is 31.2 Å². The minimum absolute atomic E-state index is 0.280. The number of benzene rings is 2. The number of carbonyl (C=O) groups is 1. The quantitative estimate of drug-likeness (QED) is 0.588. The molecule has 1 heterocycles. The number of rotatable bonds is 4. The zero-order valence-electron chi connectivity index (χ0n) is 13.8. The van der Waals surface area contributed by atoms with Crippen LogP contribution in [-0.2, 0) is 4.74 Å². The van der Waals surface area contributed by atoms with Gasteiger partial charge in [0.25, 0.3) is 0 Å². The van der Waals surface area contributed by atoms with E-state index in [1.165, 1.54) is 6.20 Å². The number of nitrogens with zero attached hydrogens (tertiary/aromatic N) is 1. The normalized spacial score (nSPS) is 10.7. The van der Waals surface area contributed by atoms with Crippen LogP contribution in [0, 0.1) is 6.92 Å². The fourth-order valence-corrected chi connectivity index (χ4v) is 2.94. The average molecular weight is 375 g/mol. The van der Waals surface area contributed by atoms with Gasteiger partial charge in [0.05, 0.1) is 27.9 Å². The van der Waals surface area contributed by atoms with E-state index < -0.39 is 5.97 Å². The lowest BCUT2D eigenvalue weighted by molar-refractivity contribution is 0.0527. The van der Waals surface area contributed by atoms with E-state index in [1.54, 1.807) is 19.1 Å². The molecule has 0 amide bonds. The standard InChI is InChI=1S/C19H16Cl2N2O2/c1-3-25-19(24)14-10-22-18-13(7-8-15(20)16(18)21)17(14)23-12-6-4-5-11(2)9-12/h4-10H,3H2,1-2H3,(H,22,23). The third-order valence-electron chi connectivity index (χ3n) is 3.71.